The van der Waals surface area contributed by atoms with E-state index in [9.17, 15) is 9.59 Å². The molecule has 0 atom stereocenters. The number of rotatable bonds is 2. The van der Waals surface area contributed by atoms with Crippen LogP contribution in [0.4, 0.5) is 0 Å². The monoisotopic (exact) mass is 608 g/mol. The predicted molar refractivity (Wildman–Crippen MR) is 184 cm³/mol. The number of pyridine rings is 1. The summed E-state index contributed by atoms with van der Waals surface area (Å²) >= 11 is 1.65. The molecule has 0 aliphatic heterocycles. The predicted octanol–water partition coefficient (Wildman–Crippen LogP) is 10.2. The van der Waals surface area contributed by atoms with Crippen molar-refractivity contribution >= 4 is 71.2 Å². The van der Waals surface area contributed by atoms with Gasteiger partial charge >= 0.3 is 0 Å². The molecule has 3 aromatic carbocycles. The number of furan rings is 1. The molecule has 0 radical (unpaired) electrons. The van der Waals surface area contributed by atoms with Crippen molar-refractivity contribution in [1.29, 1.82) is 0 Å². The van der Waals surface area contributed by atoms with E-state index < -0.39 is 0 Å². The summed E-state index contributed by atoms with van der Waals surface area (Å²) in [6, 6.07) is 23.8. The topological polar surface area (TPSA) is 65.1 Å². The molecule has 1 aliphatic carbocycles. The van der Waals surface area contributed by atoms with Gasteiger partial charge in [0.1, 0.15) is 5.76 Å². The van der Waals surface area contributed by atoms with Crippen LogP contribution < -0.4 is 0 Å². The highest BCUT2D eigenvalue weighted by molar-refractivity contribution is 7.25. The van der Waals surface area contributed by atoms with E-state index >= 15 is 0 Å². The zero-order valence-corrected chi connectivity index (χ0v) is 26.9. The summed E-state index contributed by atoms with van der Waals surface area (Å²) in [7, 11) is 0. The highest BCUT2D eigenvalue weighted by Gasteiger charge is 2.33. The molecule has 0 spiro atoms. The van der Waals surface area contributed by atoms with Gasteiger partial charge in [0.2, 0.25) is 0 Å². The summed E-state index contributed by atoms with van der Waals surface area (Å²) in [4.78, 5) is 29.8. The van der Waals surface area contributed by atoms with Crippen molar-refractivity contribution in [2.45, 2.75) is 52.4 Å². The van der Waals surface area contributed by atoms with Gasteiger partial charge in [0, 0.05) is 50.6 Å². The fourth-order valence-corrected chi connectivity index (χ4v) is 7.55. The van der Waals surface area contributed by atoms with Crippen molar-refractivity contribution in [3.63, 3.8) is 0 Å². The fourth-order valence-electron chi connectivity index (χ4n) is 6.44. The lowest BCUT2D eigenvalue weighted by Crippen LogP contribution is -2.10. The summed E-state index contributed by atoms with van der Waals surface area (Å²) in [6.07, 6.45) is 4.54. The number of benzene rings is 3. The first-order valence-electron chi connectivity index (χ1n) is 15.2. The minimum Gasteiger partial charge on any atom is -0.455 e. The number of nitrogens with zero attached hydrogens (tertiary/aromatic N) is 2. The minimum absolute atomic E-state index is 0.0442. The van der Waals surface area contributed by atoms with Gasteiger partial charge in [0.15, 0.2) is 17.1 Å². The number of hydrogen-bond acceptors (Lipinski definition) is 5. The Labute approximate surface area is 264 Å². The van der Waals surface area contributed by atoms with Crippen LogP contribution in [0.25, 0.3) is 53.9 Å². The maximum atomic E-state index is 12.9. The Morgan fingerprint density at radius 2 is 1.36 bits per heavy atom. The van der Waals surface area contributed by atoms with E-state index in [0.717, 1.165) is 26.1 Å². The van der Waals surface area contributed by atoms with Crippen molar-refractivity contribution in [2.24, 2.45) is 0 Å². The molecule has 0 amide bonds. The molecule has 0 N–H and O–H groups in total. The van der Waals surface area contributed by atoms with Crippen LogP contribution in [-0.4, -0.2) is 21.1 Å². The Bertz CT molecular complexity index is 2330. The second kappa shape index (κ2) is 9.35. The third-order valence-corrected chi connectivity index (χ3v) is 10.1. The van der Waals surface area contributed by atoms with Gasteiger partial charge in [0.25, 0.3) is 0 Å². The molecule has 4 aromatic heterocycles. The van der Waals surface area contributed by atoms with Crippen molar-refractivity contribution in [3.8, 4) is 5.69 Å². The van der Waals surface area contributed by atoms with Crippen molar-refractivity contribution < 1.29 is 14.0 Å². The van der Waals surface area contributed by atoms with Crippen molar-refractivity contribution in [3.05, 3.63) is 113 Å². The quantitative estimate of drug-likeness (QED) is 0.145. The fraction of sp³-hybridized carbons (Fsp3) is 0.205. The number of carbonyl (C=O) groups is 2. The lowest BCUT2D eigenvalue weighted by molar-refractivity contribution is 0.0990. The van der Waals surface area contributed by atoms with Crippen LogP contribution in [-0.2, 0) is 10.8 Å². The Morgan fingerprint density at radius 3 is 1.98 bits per heavy atom. The molecule has 7 aromatic rings. The van der Waals surface area contributed by atoms with Gasteiger partial charge in [-0.25, -0.2) is 0 Å². The summed E-state index contributed by atoms with van der Waals surface area (Å²) in [6.45, 7) is 13.6. The molecule has 45 heavy (non-hydrogen) atoms. The van der Waals surface area contributed by atoms with Crippen molar-refractivity contribution in [2.75, 3.05) is 0 Å². The van der Waals surface area contributed by atoms with E-state index in [1.165, 1.54) is 45.3 Å². The van der Waals surface area contributed by atoms with E-state index in [4.69, 9.17) is 4.42 Å². The van der Waals surface area contributed by atoms with Crippen LogP contribution in [0.5, 0.6) is 0 Å². The molecule has 0 unspecified atom stereocenters. The lowest BCUT2D eigenvalue weighted by atomic mass is 9.85. The van der Waals surface area contributed by atoms with Crippen LogP contribution in [0.15, 0.2) is 89.1 Å². The zero-order chi connectivity index (χ0) is 31.4. The second-order valence-corrected chi connectivity index (χ2v) is 15.1. The van der Waals surface area contributed by atoms with E-state index in [-0.39, 0.29) is 28.0 Å². The Hall–Kier alpha value is -4.81. The molecule has 0 fully saturated rings. The largest absolute Gasteiger partial charge is 0.455 e. The highest BCUT2D eigenvalue weighted by Crippen LogP contribution is 2.41. The van der Waals surface area contributed by atoms with Gasteiger partial charge in [-0.2, -0.15) is 0 Å². The summed E-state index contributed by atoms with van der Waals surface area (Å²) in [5, 5.41) is 3.52. The van der Waals surface area contributed by atoms with Crippen LogP contribution in [0, 0.1) is 0 Å². The smallest absolute Gasteiger partial charge is 0.199 e. The average molecular weight is 609 g/mol. The van der Waals surface area contributed by atoms with Crippen LogP contribution >= 0.6 is 11.3 Å². The molecule has 0 saturated carbocycles. The molecule has 222 valence electrons. The molecule has 1 aliphatic rings. The van der Waals surface area contributed by atoms with Crippen molar-refractivity contribution in [1.82, 2.24) is 9.55 Å². The van der Waals surface area contributed by atoms with E-state index in [1.54, 1.807) is 23.5 Å². The summed E-state index contributed by atoms with van der Waals surface area (Å²) in [5.41, 5.74) is 7.78. The third-order valence-electron chi connectivity index (χ3n) is 8.99. The maximum absolute atomic E-state index is 12.9. The van der Waals surface area contributed by atoms with Crippen LogP contribution in [0.2, 0.25) is 0 Å². The number of aromatic nitrogens is 2. The zero-order valence-electron chi connectivity index (χ0n) is 26.1. The van der Waals surface area contributed by atoms with Gasteiger partial charge in [-0.05, 0) is 76.6 Å². The number of fused-ring (bicyclic) bond motifs is 7. The lowest BCUT2D eigenvalue weighted by Gasteiger charge is -2.19. The summed E-state index contributed by atoms with van der Waals surface area (Å²) in [5.74, 6) is -0.110. The Morgan fingerprint density at radius 1 is 0.711 bits per heavy atom. The number of hydrogen-bond donors (Lipinski definition) is 0. The standard InChI is InChI=1S/C39H32N2O3S/c1-38(2,3)21-7-11-31-27(15-21)28-16-22(39(4,5)6)8-12-32(28)41(31)23-9-10-26-33(17-23)45-34-19-24(44-37(26)34)18-29-35(42)25-13-14-40-20-30(25)36(29)43/h7-20H,1-6H3/b29-18-. The number of Topliss-reactive ketones (excluding diaryl/α,β-unsaturated/α-hetero) is 2. The molecule has 5 nitrogen and oxygen atoms in total. The number of ketones is 2. The Kier molecular flexibility index (Phi) is 5.76. The van der Waals surface area contributed by atoms with Crippen LogP contribution in [0.3, 0.4) is 0 Å². The molecule has 0 bridgehead atoms. The van der Waals surface area contributed by atoms with Gasteiger partial charge in [-0.15, -0.1) is 11.3 Å². The molecule has 8 rings (SSSR count). The Balaban J connectivity index is 1.25. The third kappa shape index (κ3) is 4.23. The molecule has 4 heterocycles. The van der Waals surface area contributed by atoms with E-state index in [2.05, 4.69) is 106 Å². The first-order valence-corrected chi connectivity index (χ1v) is 16.0. The first kappa shape index (κ1) is 27.7. The van der Waals surface area contributed by atoms with Gasteiger partial charge in [-0.1, -0.05) is 53.7 Å². The maximum Gasteiger partial charge on any atom is 0.199 e. The van der Waals surface area contributed by atoms with Gasteiger partial charge < -0.3 is 8.98 Å². The minimum atomic E-state index is -0.312. The van der Waals surface area contributed by atoms with E-state index in [0.29, 0.717) is 16.9 Å². The average Bonchev–Trinajstić information content (AvgIpc) is 3.71. The first-order chi connectivity index (χ1) is 21.4. The molecular formula is C39H32N2O3S. The molecule has 0 saturated heterocycles. The highest BCUT2D eigenvalue weighted by atomic mass is 32.1. The summed E-state index contributed by atoms with van der Waals surface area (Å²) < 4.78 is 10.7. The van der Waals surface area contributed by atoms with Gasteiger partial charge in [-0.3, -0.25) is 14.6 Å². The normalized spacial score (nSPS) is 15.0. The van der Waals surface area contributed by atoms with Gasteiger partial charge in [0.05, 0.1) is 26.9 Å². The SMILES string of the molecule is CC(C)(C)c1ccc2c(c1)c1cc(C(C)(C)C)ccc1n2-c1ccc2c(c1)sc1cc(/C=C3/C(=O)c4ccncc4C3=O)oc12. The van der Waals surface area contributed by atoms with E-state index in [1.807, 2.05) is 6.07 Å². The molecule has 6 heteroatoms. The number of carbonyl (C=O) groups excluding carboxylic acids is 2. The number of thiophene rings is 1. The second-order valence-electron chi connectivity index (χ2n) is 14.1. The number of allylic oxidation sites excluding steroid dienone is 1. The van der Waals surface area contributed by atoms with Crippen LogP contribution in [0.1, 0.15) is 79.1 Å². The molecular weight excluding hydrogens is 577 g/mol.